The van der Waals surface area contributed by atoms with Crippen molar-refractivity contribution in [3.05, 3.63) is 35.9 Å². The van der Waals surface area contributed by atoms with Crippen molar-refractivity contribution in [1.29, 1.82) is 0 Å². The van der Waals surface area contributed by atoms with Gasteiger partial charge in [-0.3, -0.25) is 0 Å². The lowest BCUT2D eigenvalue weighted by Crippen LogP contribution is -2.17. The first-order valence-corrected chi connectivity index (χ1v) is 7.06. The smallest absolute Gasteiger partial charge is 0.164 e. The van der Waals surface area contributed by atoms with Gasteiger partial charge in [-0.25, -0.2) is 9.67 Å². The Labute approximate surface area is 124 Å². The molecule has 2 N–H and O–H groups in total. The first-order chi connectivity index (χ1) is 10.1. The van der Waals surface area contributed by atoms with E-state index in [-0.39, 0.29) is 6.04 Å². The van der Waals surface area contributed by atoms with Crippen molar-refractivity contribution in [3.63, 3.8) is 0 Å². The molecule has 0 aliphatic rings. The molecule has 1 atom stereocenters. The monoisotopic (exact) mass is 290 g/mol. The van der Waals surface area contributed by atoms with Gasteiger partial charge in [-0.2, -0.15) is 5.10 Å². The van der Waals surface area contributed by atoms with E-state index in [0.29, 0.717) is 18.1 Å². The molecule has 0 fully saturated rings. The van der Waals surface area contributed by atoms with E-state index in [0.717, 1.165) is 24.4 Å². The van der Waals surface area contributed by atoms with Crippen LogP contribution in [0, 0.1) is 0 Å². The summed E-state index contributed by atoms with van der Waals surface area (Å²) in [5, 5.41) is 4.12. The normalized spacial score (nSPS) is 12.2. The Kier molecular flexibility index (Phi) is 5.16. The summed E-state index contributed by atoms with van der Waals surface area (Å²) in [5.74, 6) is 2.18. The number of nitrogens with zero attached hydrogens (tertiary/aromatic N) is 3. The number of rotatable bonds is 7. The van der Waals surface area contributed by atoms with Gasteiger partial charge >= 0.3 is 0 Å². The molecule has 1 unspecified atom stereocenters. The minimum Gasteiger partial charge on any atom is -0.493 e. The number of aromatic nitrogens is 3. The summed E-state index contributed by atoms with van der Waals surface area (Å²) in [6, 6.07) is 5.98. The highest BCUT2D eigenvalue weighted by Gasteiger charge is 2.09. The Balaban J connectivity index is 2.13. The summed E-state index contributed by atoms with van der Waals surface area (Å²) < 4.78 is 13.0. The van der Waals surface area contributed by atoms with Crippen LogP contribution in [-0.4, -0.2) is 27.9 Å². The molecular weight excluding hydrogens is 268 g/mol. The molecule has 1 heterocycles. The Morgan fingerprint density at radius 1 is 1.33 bits per heavy atom. The van der Waals surface area contributed by atoms with Gasteiger partial charge in [0.05, 0.1) is 7.11 Å². The highest BCUT2D eigenvalue weighted by atomic mass is 16.5. The lowest BCUT2D eigenvalue weighted by atomic mass is 10.1. The number of benzene rings is 1. The summed E-state index contributed by atoms with van der Waals surface area (Å²) in [6.07, 6.45) is 2.33. The maximum Gasteiger partial charge on any atom is 0.164 e. The average molecular weight is 290 g/mol. The van der Waals surface area contributed by atoms with Crippen LogP contribution < -0.4 is 15.2 Å². The maximum atomic E-state index is 5.85. The van der Waals surface area contributed by atoms with E-state index >= 15 is 0 Å². The highest BCUT2D eigenvalue weighted by molar-refractivity contribution is 5.43. The van der Waals surface area contributed by atoms with E-state index < -0.39 is 0 Å². The summed E-state index contributed by atoms with van der Waals surface area (Å²) in [4.78, 5) is 4.19. The van der Waals surface area contributed by atoms with E-state index in [4.69, 9.17) is 15.2 Å². The van der Waals surface area contributed by atoms with Crippen molar-refractivity contribution >= 4 is 0 Å². The Bertz CT molecular complexity index is 581. The van der Waals surface area contributed by atoms with Gasteiger partial charge in [0.2, 0.25) is 0 Å². The second-order valence-corrected chi connectivity index (χ2v) is 4.95. The number of aryl methyl sites for hydroxylation is 1. The van der Waals surface area contributed by atoms with Gasteiger partial charge in [0, 0.05) is 12.6 Å². The van der Waals surface area contributed by atoms with Gasteiger partial charge < -0.3 is 15.2 Å². The number of ether oxygens (including phenoxy) is 2. The summed E-state index contributed by atoms with van der Waals surface area (Å²) in [6.45, 7) is 5.11. The molecular formula is C15H22N4O2. The van der Waals surface area contributed by atoms with Gasteiger partial charge in [-0.1, -0.05) is 6.07 Å². The van der Waals surface area contributed by atoms with Gasteiger partial charge in [0.15, 0.2) is 17.3 Å². The van der Waals surface area contributed by atoms with Crippen LogP contribution in [0.25, 0.3) is 0 Å². The standard InChI is InChI=1S/C15H22N4O2/c1-4-19-15(17-10-18-19)9-21-14-8-12(7-11(2)16)5-6-13(14)20-3/h5-6,8,10-11H,4,7,9,16H2,1-3H3. The lowest BCUT2D eigenvalue weighted by Gasteiger charge is -2.13. The van der Waals surface area contributed by atoms with Crippen LogP contribution in [0.5, 0.6) is 11.5 Å². The van der Waals surface area contributed by atoms with Crippen molar-refractivity contribution in [2.24, 2.45) is 5.73 Å². The van der Waals surface area contributed by atoms with Crippen LogP contribution in [0.1, 0.15) is 25.2 Å². The predicted octanol–water partition coefficient (Wildman–Crippen LogP) is 1.78. The number of nitrogens with two attached hydrogens (primary N) is 1. The molecule has 0 aliphatic heterocycles. The van der Waals surface area contributed by atoms with Crippen LogP contribution in [0.4, 0.5) is 0 Å². The summed E-state index contributed by atoms with van der Waals surface area (Å²) in [5.41, 5.74) is 6.96. The molecule has 2 aromatic rings. The third-order valence-electron chi connectivity index (χ3n) is 3.14. The molecule has 0 amide bonds. The molecule has 0 saturated heterocycles. The van der Waals surface area contributed by atoms with E-state index in [2.05, 4.69) is 10.1 Å². The van der Waals surface area contributed by atoms with Crippen molar-refractivity contribution in [2.75, 3.05) is 7.11 Å². The Morgan fingerprint density at radius 3 is 2.81 bits per heavy atom. The van der Waals surface area contributed by atoms with Gasteiger partial charge in [0.25, 0.3) is 0 Å². The fraction of sp³-hybridized carbons (Fsp3) is 0.467. The lowest BCUT2D eigenvalue weighted by molar-refractivity contribution is 0.269. The SMILES string of the molecule is CCn1ncnc1COc1cc(CC(C)N)ccc1OC. The van der Waals surface area contributed by atoms with E-state index in [1.807, 2.05) is 32.0 Å². The predicted molar refractivity (Wildman–Crippen MR) is 80.4 cm³/mol. The van der Waals surface area contributed by atoms with E-state index in [1.54, 1.807) is 11.8 Å². The first-order valence-electron chi connectivity index (χ1n) is 7.06. The number of hydrogen-bond donors (Lipinski definition) is 1. The van der Waals surface area contributed by atoms with Crippen LogP contribution in [0.3, 0.4) is 0 Å². The zero-order valence-corrected chi connectivity index (χ0v) is 12.7. The molecule has 2 rings (SSSR count). The zero-order chi connectivity index (χ0) is 15.2. The molecule has 0 saturated carbocycles. The minimum atomic E-state index is 0.106. The van der Waals surface area contributed by atoms with Crippen molar-refractivity contribution < 1.29 is 9.47 Å². The average Bonchev–Trinajstić information content (AvgIpc) is 2.92. The highest BCUT2D eigenvalue weighted by Crippen LogP contribution is 2.29. The molecule has 0 bridgehead atoms. The van der Waals surface area contributed by atoms with E-state index in [9.17, 15) is 0 Å². The quantitative estimate of drug-likeness (QED) is 0.841. The second-order valence-electron chi connectivity index (χ2n) is 4.95. The Hall–Kier alpha value is -2.08. The molecule has 6 nitrogen and oxygen atoms in total. The zero-order valence-electron chi connectivity index (χ0n) is 12.7. The molecule has 1 aromatic heterocycles. The minimum absolute atomic E-state index is 0.106. The van der Waals surface area contributed by atoms with Gasteiger partial charge in [-0.15, -0.1) is 0 Å². The largest absolute Gasteiger partial charge is 0.493 e. The van der Waals surface area contributed by atoms with Crippen LogP contribution in [-0.2, 0) is 19.6 Å². The summed E-state index contributed by atoms with van der Waals surface area (Å²) >= 11 is 0. The van der Waals surface area contributed by atoms with Crippen LogP contribution >= 0.6 is 0 Å². The van der Waals surface area contributed by atoms with Crippen molar-refractivity contribution in [2.45, 2.75) is 39.5 Å². The molecule has 0 spiro atoms. The fourth-order valence-electron chi connectivity index (χ4n) is 2.14. The third kappa shape index (κ3) is 3.95. The van der Waals surface area contributed by atoms with Crippen LogP contribution in [0.2, 0.25) is 0 Å². The number of hydrogen-bond acceptors (Lipinski definition) is 5. The maximum absolute atomic E-state index is 5.85. The molecule has 21 heavy (non-hydrogen) atoms. The first kappa shape index (κ1) is 15.3. The molecule has 6 heteroatoms. The third-order valence-corrected chi connectivity index (χ3v) is 3.14. The second kappa shape index (κ2) is 7.08. The van der Waals surface area contributed by atoms with Gasteiger partial charge in [0.1, 0.15) is 12.9 Å². The fourth-order valence-corrected chi connectivity index (χ4v) is 2.14. The van der Waals surface area contributed by atoms with E-state index in [1.165, 1.54) is 6.33 Å². The number of methoxy groups -OCH3 is 1. The molecule has 1 aromatic carbocycles. The summed E-state index contributed by atoms with van der Waals surface area (Å²) in [7, 11) is 1.63. The molecule has 0 aliphatic carbocycles. The Morgan fingerprint density at radius 2 is 2.14 bits per heavy atom. The van der Waals surface area contributed by atoms with Gasteiger partial charge in [-0.05, 0) is 38.0 Å². The van der Waals surface area contributed by atoms with Crippen molar-refractivity contribution in [1.82, 2.24) is 14.8 Å². The topological polar surface area (TPSA) is 75.2 Å². The van der Waals surface area contributed by atoms with Crippen LogP contribution in [0.15, 0.2) is 24.5 Å². The molecule has 114 valence electrons. The van der Waals surface area contributed by atoms with Crippen molar-refractivity contribution in [3.8, 4) is 11.5 Å². The molecule has 0 radical (unpaired) electrons.